The van der Waals surface area contributed by atoms with Gasteiger partial charge in [-0.3, -0.25) is 4.79 Å². The van der Waals surface area contributed by atoms with Gasteiger partial charge in [-0.25, -0.2) is 0 Å². The molecule has 1 fully saturated rings. The first-order chi connectivity index (χ1) is 7.00. The standard InChI is InChI=1S/C11H23N3O/c1-8(12)11(15)13-9-4-6-10(7-5-9)14(2)3/h8-10H,4-7,12H2,1-3H3,(H,13,15). The van der Waals surface area contributed by atoms with E-state index >= 15 is 0 Å². The van der Waals surface area contributed by atoms with Crippen molar-refractivity contribution >= 4 is 5.91 Å². The van der Waals surface area contributed by atoms with Crippen LogP contribution in [0.5, 0.6) is 0 Å². The number of hydrogen-bond donors (Lipinski definition) is 2. The summed E-state index contributed by atoms with van der Waals surface area (Å²) in [4.78, 5) is 13.6. The van der Waals surface area contributed by atoms with E-state index in [0.29, 0.717) is 12.1 Å². The predicted molar refractivity (Wildman–Crippen MR) is 61.5 cm³/mol. The molecule has 0 aromatic carbocycles. The molecule has 0 heterocycles. The maximum Gasteiger partial charge on any atom is 0.236 e. The van der Waals surface area contributed by atoms with Gasteiger partial charge in [-0.15, -0.1) is 0 Å². The normalized spacial score (nSPS) is 28.9. The van der Waals surface area contributed by atoms with Gasteiger partial charge in [0.25, 0.3) is 0 Å². The summed E-state index contributed by atoms with van der Waals surface area (Å²) in [5.41, 5.74) is 5.51. The summed E-state index contributed by atoms with van der Waals surface area (Å²) < 4.78 is 0. The van der Waals surface area contributed by atoms with Crippen molar-refractivity contribution in [1.82, 2.24) is 10.2 Å². The summed E-state index contributed by atoms with van der Waals surface area (Å²) in [6, 6.07) is 0.615. The fourth-order valence-electron chi connectivity index (χ4n) is 2.07. The molecule has 3 N–H and O–H groups in total. The summed E-state index contributed by atoms with van der Waals surface area (Å²) in [5.74, 6) is -0.0247. The van der Waals surface area contributed by atoms with Crippen molar-refractivity contribution in [2.45, 2.75) is 50.7 Å². The molecule has 0 saturated heterocycles. The Morgan fingerprint density at radius 2 is 1.87 bits per heavy atom. The average molecular weight is 213 g/mol. The van der Waals surface area contributed by atoms with E-state index in [0.717, 1.165) is 25.7 Å². The summed E-state index contributed by atoms with van der Waals surface area (Å²) >= 11 is 0. The third kappa shape index (κ3) is 3.80. The number of amides is 1. The molecule has 0 bridgehead atoms. The van der Waals surface area contributed by atoms with Gasteiger partial charge in [0.2, 0.25) is 5.91 Å². The Bertz CT molecular complexity index is 208. The monoisotopic (exact) mass is 213 g/mol. The highest BCUT2D eigenvalue weighted by Crippen LogP contribution is 2.21. The number of hydrogen-bond acceptors (Lipinski definition) is 3. The van der Waals surface area contributed by atoms with Gasteiger partial charge in [0.15, 0.2) is 0 Å². The highest BCUT2D eigenvalue weighted by molar-refractivity contribution is 5.81. The molecule has 0 aromatic rings. The van der Waals surface area contributed by atoms with Crippen molar-refractivity contribution in [3.63, 3.8) is 0 Å². The third-order valence-electron chi connectivity index (χ3n) is 3.19. The van der Waals surface area contributed by atoms with E-state index < -0.39 is 6.04 Å². The molecule has 0 radical (unpaired) electrons. The second-order valence-corrected chi connectivity index (χ2v) is 4.77. The molecule has 88 valence electrons. The molecule has 0 aromatic heterocycles. The highest BCUT2D eigenvalue weighted by Gasteiger charge is 2.23. The average Bonchev–Trinajstić information content (AvgIpc) is 2.18. The fourth-order valence-corrected chi connectivity index (χ4v) is 2.07. The molecule has 15 heavy (non-hydrogen) atoms. The van der Waals surface area contributed by atoms with Gasteiger partial charge in [-0.2, -0.15) is 0 Å². The number of nitrogens with zero attached hydrogens (tertiary/aromatic N) is 1. The zero-order valence-electron chi connectivity index (χ0n) is 9.99. The van der Waals surface area contributed by atoms with Crippen LogP contribution in [-0.2, 0) is 4.79 Å². The molecule has 1 atom stereocenters. The van der Waals surface area contributed by atoms with Crippen molar-refractivity contribution in [1.29, 1.82) is 0 Å². The molecule has 1 rings (SSSR count). The van der Waals surface area contributed by atoms with Gasteiger partial charge in [0.1, 0.15) is 0 Å². The zero-order valence-corrected chi connectivity index (χ0v) is 9.99. The molecule has 1 aliphatic carbocycles. The van der Waals surface area contributed by atoms with Crippen LogP contribution in [0.4, 0.5) is 0 Å². The first-order valence-corrected chi connectivity index (χ1v) is 5.73. The van der Waals surface area contributed by atoms with Crippen LogP contribution in [0.3, 0.4) is 0 Å². The third-order valence-corrected chi connectivity index (χ3v) is 3.19. The highest BCUT2D eigenvalue weighted by atomic mass is 16.2. The minimum absolute atomic E-state index is 0.0247. The van der Waals surface area contributed by atoms with Crippen molar-refractivity contribution in [2.24, 2.45) is 5.73 Å². The minimum Gasteiger partial charge on any atom is -0.352 e. The lowest BCUT2D eigenvalue weighted by molar-refractivity contribution is -0.122. The van der Waals surface area contributed by atoms with Crippen molar-refractivity contribution < 1.29 is 4.79 Å². The number of carbonyl (C=O) groups is 1. The Hall–Kier alpha value is -0.610. The first kappa shape index (κ1) is 12.5. The lowest BCUT2D eigenvalue weighted by Gasteiger charge is -2.33. The van der Waals surface area contributed by atoms with E-state index in [9.17, 15) is 4.79 Å². The van der Waals surface area contributed by atoms with Gasteiger partial charge >= 0.3 is 0 Å². The quantitative estimate of drug-likeness (QED) is 0.710. The van der Waals surface area contributed by atoms with Gasteiger partial charge in [-0.1, -0.05) is 0 Å². The minimum atomic E-state index is -0.392. The van der Waals surface area contributed by atoms with Crippen LogP contribution in [0.1, 0.15) is 32.6 Å². The molecule has 1 aliphatic rings. The Kier molecular flexibility index (Phi) is 4.54. The van der Waals surface area contributed by atoms with E-state index in [4.69, 9.17) is 5.73 Å². The van der Waals surface area contributed by atoms with Crippen LogP contribution in [0.15, 0.2) is 0 Å². The number of nitrogens with one attached hydrogen (secondary N) is 1. The molecule has 0 spiro atoms. The number of rotatable bonds is 3. The van der Waals surface area contributed by atoms with E-state index in [1.165, 1.54) is 0 Å². The topological polar surface area (TPSA) is 58.4 Å². The van der Waals surface area contributed by atoms with Crippen LogP contribution in [0, 0.1) is 0 Å². The second kappa shape index (κ2) is 5.47. The smallest absolute Gasteiger partial charge is 0.236 e. The largest absolute Gasteiger partial charge is 0.352 e. The fraction of sp³-hybridized carbons (Fsp3) is 0.909. The summed E-state index contributed by atoms with van der Waals surface area (Å²) in [6.07, 6.45) is 4.47. The number of carbonyl (C=O) groups excluding carboxylic acids is 1. The van der Waals surface area contributed by atoms with Crippen LogP contribution in [0.25, 0.3) is 0 Å². The van der Waals surface area contributed by atoms with Crippen LogP contribution in [-0.4, -0.2) is 43.0 Å². The Morgan fingerprint density at radius 3 is 2.27 bits per heavy atom. The zero-order chi connectivity index (χ0) is 11.4. The Labute approximate surface area is 92.2 Å². The summed E-state index contributed by atoms with van der Waals surface area (Å²) in [6.45, 7) is 1.72. The first-order valence-electron chi connectivity index (χ1n) is 5.73. The number of nitrogens with two attached hydrogens (primary N) is 1. The molecule has 1 amide bonds. The second-order valence-electron chi connectivity index (χ2n) is 4.77. The molecule has 0 aliphatic heterocycles. The Balaban J connectivity index is 2.29. The van der Waals surface area contributed by atoms with Crippen LogP contribution < -0.4 is 11.1 Å². The van der Waals surface area contributed by atoms with Gasteiger partial charge < -0.3 is 16.0 Å². The molecule has 1 saturated carbocycles. The predicted octanol–water partition coefficient (Wildman–Crippen LogP) is 0.323. The molecule has 4 nitrogen and oxygen atoms in total. The van der Waals surface area contributed by atoms with Crippen LogP contribution >= 0.6 is 0 Å². The molecule has 1 unspecified atom stereocenters. The summed E-state index contributed by atoms with van der Waals surface area (Å²) in [5, 5.41) is 3.00. The van der Waals surface area contributed by atoms with E-state index in [2.05, 4.69) is 24.3 Å². The van der Waals surface area contributed by atoms with Crippen molar-refractivity contribution in [3.8, 4) is 0 Å². The summed E-state index contributed by atoms with van der Waals surface area (Å²) in [7, 11) is 4.23. The van der Waals surface area contributed by atoms with E-state index in [1.807, 2.05) is 0 Å². The SMILES string of the molecule is CC(N)C(=O)NC1CCC(N(C)C)CC1. The van der Waals surface area contributed by atoms with Gasteiger partial charge in [0.05, 0.1) is 6.04 Å². The van der Waals surface area contributed by atoms with Gasteiger partial charge in [0, 0.05) is 12.1 Å². The van der Waals surface area contributed by atoms with Crippen molar-refractivity contribution in [2.75, 3.05) is 14.1 Å². The van der Waals surface area contributed by atoms with Crippen molar-refractivity contribution in [3.05, 3.63) is 0 Å². The maximum absolute atomic E-state index is 11.4. The Morgan fingerprint density at radius 1 is 1.33 bits per heavy atom. The van der Waals surface area contributed by atoms with Crippen LogP contribution in [0.2, 0.25) is 0 Å². The maximum atomic E-state index is 11.4. The lowest BCUT2D eigenvalue weighted by atomic mass is 9.90. The molecule has 4 heteroatoms. The lowest BCUT2D eigenvalue weighted by Crippen LogP contribution is -2.46. The van der Waals surface area contributed by atoms with Gasteiger partial charge in [-0.05, 0) is 46.7 Å². The van der Waals surface area contributed by atoms with E-state index in [1.54, 1.807) is 6.92 Å². The molecular weight excluding hydrogens is 190 g/mol. The molecular formula is C11H23N3O. The van der Waals surface area contributed by atoms with E-state index in [-0.39, 0.29) is 5.91 Å².